The minimum absolute atomic E-state index is 0.143. The van der Waals surface area contributed by atoms with Gasteiger partial charge in [-0.15, -0.1) is 0 Å². The summed E-state index contributed by atoms with van der Waals surface area (Å²) < 4.78 is 7.05. The Bertz CT molecular complexity index is 571. The van der Waals surface area contributed by atoms with Crippen molar-refractivity contribution in [3.8, 4) is 5.75 Å². The molecule has 0 amide bonds. The largest absolute Gasteiger partial charge is 0.494 e. The van der Waals surface area contributed by atoms with Gasteiger partial charge in [0.25, 0.3) is 0 Å². The van der Waals surface area contributed by atoms with Gasteiger partial charge >= 0.3 is 0 Å². The van der Waals surface area contributed by atoms with Crippen LogP contribution in [0, 0.1) is 0 Å². The van der Waals surface area contributed by atoms with Crippen LogP contribution in [0.15, 0.2) is 30.5 Å². The first kappa shape index (κ1) is 14.6. The normalized spacial score (nSPS) is 10.6. The zero-order chi connectivity index (χ0) is 14.5. The van der Waals surface area contributed by atoms with Crippen molar-refractivity contribution in [2.24, 2.45) is 7.05 Å². The van der Waals surface area contributed by atoms with Crippen LogP contribution in [-0.4, -0.2) is 22.2 Å². The van der Waals surface area contributed by atoms with E-state index in [9.17, 15) is 4.79 Å². The highest BCUT2D eigenvalue weighted by Gasteiger charge is 2.17. The van der Waals surface area contributed by atoms with Crippen molar-refractivity contribution in [3.63, 3.8) is 0 Å². The SMILES string of the molecule is CCCCOc1ccc(C(=O)c2c(Cl)cnn2C)cc1. The third-order valence-electron chi connectivity index (χ3n) is 2.99. The van der Waals surface area contributed by atoms with E-state index in [0.29, 0.717) is 22.9 Å². The van der Waals surface area contributed by atoms with E-state index in [1.165, 1.54) is 10.9 Å². The van der Waals surface area contributed by atoms with Gasteiger partial charge in [-0.1, -0.05) is 24.9 Å². The number of hydrogen-bond acceptors (Lipinski definition) is 3. The summed E-state index contributed by atoms with van der Waals surface area (Å²) in [6.45, 7) is 2.81. The van der Waals surface area contributed by atoms with Crippen molar-refractivity contribution in [2.75, 3.05) is 6.61 Å². The number of carbonyl (C=O) groups excluding carboxylic acids is 1. The van der Waals surface area contributed by atoms with Crippen LogP contribution in [0.25, 0.3) is 0 Å². The Balaban J connectivity index is 2.12. The summed E-state index contributed by atoms with van der Waals surface area (Å²) in [4.78, 5) is 12.3. The summed E-state index contributed by atoms with van der Waals surface area (Å²) in [6, 6.07) is 7.08. The van der Waals surface area contributed by atoms with Gasteiger partial charge in [-0.3, -0.25) is 9.48 Å². The fraction of sp³-hybridized carbons (Fsp3) is 0.333. The van der Waals surface area contributed by atoms with Gasteiger partial charge in [0, 0.05) is 12.6 Å². The van der Waals surface area contributed by atoms with Crippen LogP contribution >= 0.6 is 11.6 Å². The van der Waals surface area contributed by atoms with E-state index in [1.54, 1.807) is 31.3 Å². The Hall–Kier alpha value is -1.81. The van der Waals surface area contributed by atoms with Gasteiger partial charge in [-0.2, -0.15) is 5.10 Å². The maximum Gasteiger partial charge on any atom is 0.212 e. The van der Waals surface area contributed by atoms with Crippen molar-refractivity contribution in [1.29, 1.82) is 0 Å². The molecule has 2 aromatic rings. The second kappa shape index (κ2) is 6.57. The molecule has 5 heteroatoms. The number of halogens is 1. The van der Waals surface area contributed by atoms with Gasteiger partial charge < -0.3 is 4.74 Å². The molecule has 0 saturated heterocycles. The molecule has 0 aliphatic carbocycles. The van der Waals surface area contributed by atoms with Gasteiger partial charge in [0.05, 0.1) is 17.8 Å². The molecule has 0 bridgehead atoms. The number of ketones is 1. The molecule has 1 heterocycles. The molecule has 0 saturated carbocycles. The van der Waals surface area contributed by atoms with E-state index in [4.69, 9.17) is 16.3 Å². The lowest BCUT2D eigenvalue weighted by Gasteiger charge is -2.06. The minimum Gasteiger partial charge on any atom is -0.494 e. The molecule has 0 atom stereocenters. The minimum atomic E-state index is -0.143. The quantitative estimate of drug-likeness (QED) is 0.605. The van der Waals surface area contributed by atoms with Gasteiger partial charge in [-0.25, -0.2) is 0 Å². The van der Waals surface area contributed by atoms with Crippen LogP contribution < -0.4 is 4.74 Å². The molecule has 2 rings (SSSR count). The van der Waals surface area contributed by atoms with Crippen LogP contribution in [0.1, 0.15) is 35.8 Å². The smallest absolute Gasteiger partial charge is 0.212 e. The third-order valence-corrected chi connectivity index (χ3v) is 3.27. The number of aryl methyl sites for hydroxylation is 1. The zero-order valence-electron chi connectivity index (χ0n) is 11.6. The highest BCUT2D eigenvalue weighted by molar-refractivity contribution is 6.34. The maximum atomic E-state index is 12.3. The Labute approximate surface area is 123 Å². The molecule has 0 radical (unpaired) electrons. The molecule has 20 heavy (non-hydrogen) atoms. The average molecular weight is 293 g/mol. The van der Waals surface area contributed by atoms with Gasteiger partial charge in [0.15, 0.2) is 0 Å². The predicted molar refractivity (Wildman–Crippen MR) is 78.5 cm³/mol. The third kappa shape index (κ3) is 3.20. The van der Waals surface area contributed by atoms with Crippen LogP contribution in [0.5, 0.6) is 5.75 Å². The molecular formula is C15H17ClN2O2. The monoisotopic (exact) mass is 292 g/mol. The molecule has 0 fully saturated rings. The van der Waals surface area contributed by atoms with E-state index in [0.717, 1.165) is 18.6 Å². The molecule has 1 aromatic carbocycles. The Morgan fingerprint density at radius 1 is 1.35 bits per heavy atom. The second-order valence-corrected chi connectivity index (χ2v) is 4.93. The van der Waals surface area contributed by atoms with Crippen molar-refractivity contribution >= 4 is 17.4 Å². The fourth-order valence-corrected chi connectivity index (χ4v) is 2.09. The number of ether oxygens (including phenoxy) is 1. The lowest BCUT2D eigenvalue weighted by atomic mass is 10.1. The lowest BCUT2D eigenvalue weighted by Crippen LogP contribution is -2.08. The molecule has 0 spiro atoms. The second-order valence-electron chi connectivity index (χ2n) is 4.52. The summed E-state index contributed by atoms with van der Waals surface area (Å²) in [5.74, 6) is 0.626. The van der Waals surface area contributed by atoms with Crippen molar-refractivity contribution < 1.29 is 9.53 Å². The molecule has 0 aliphatic heterocycles. The lowest BCUT2D eigenvalue weighted by molar-refractivity contribution is 0.103. The predicted octanol–water partition coefficient (Wildman–Crippen LogP) is 3.48. The van der Waals surface area contributed by atoms with Crippen LogP contribution in [0.4, 0.5) is 0 Å². The molecule has 4 nitrogen and oxygen atoms in total. The molecular weight excluding hydrogens is 276 g/mol. The van der Waals surface area contributed by atoms with Crippen molar-refractivity contribution in [1.82, 2.24) is 9.78 Å². The first-order chi connectivity index (χ1) is 9.63. The van der Waals surface area contributed by atoms with E-state index < -0.39 is 0 Å². The van der Waals surface area contributed by atoms with Crippen LogP contribution in [0.3, 0.4) is 0 Å². The van der Waals surface area contributed by atoms with E-state index in [-0.39, 0.29) is 5.78 Å². The summed E-state index contributed by atoms with van der Waals surface area (Å²) >= 11 is 5.98. The number of carbonyl (C=O) groups is 1. The fourth-order valence-electron chi connectivity index (χ4n) is 1.84. The summed E-state index contributed by atoms with van der Waals surface area (Å²) in [7, 11) is 1.70. The molecule has 0 unspecified atom stereocenters. The Kier molecular flexibility index (Phi) is 4.79. The van der Waals surface area contributed by atoms with E-state index >= 15 is 0 Å². The summed E-state index contributed by atoms with van der Waals surface area (Å²) in [5.41, 5.74) is 0.963. The van der Waals surface area contributed by atoms with Crippen molar-refractivity contribution in [2.45, 2.75) is 19.8 Å². The molecule has 0 aliphatic rings. The Morgan fingerprint density at radius 2 is 2.05 bits per heavy atom. The number of hydrogen-bond donors (Lipinski definition) is 0. The number of unbranched alkanes of at least 4 members (excludes halogenated alkanes) is 1. The molecule has 106 valence electrons. The first-order valence-corrected chi connectivity index (χ1v) is 6.96. The summed E-state index contributed by atoms with van der Waals surface area (Å²) in [6.07, 6.45) is 3.58. The Morgan fingerprint density at radius 3 is 2.60 bits per heavy atom. The topological polar surface area (TPSA) is 44.1 Å². The van der Waals surface area contributed by atoms with Gasteiger partial charge in [0.1, 0.15) is 11.4 Å². The van der Waals surface area contributed by atoms with Gasteiger partial charge in [-0.05, 0) is 30.7 Å². The van der Waals surface area contributed by atoms with Crippen molar-refractivity contribution in [3.05, 3.63) is 46.7 Å². The number of aromatic nitrogens is 2. The van der Waals surface area contributed by atoms with Crippen LogP contribution in [-0.2, 0) is 7.05 Å². The number of nitrogens with zero attached hydrogens (tertiary/aromatic N) is 2. The molecule has 1 aromatic heterocycles. The highest BCUT2D eigenvalue weighted by Crippen LogP contribution is 2.20. The standard InChI is InChI=1S/C15H17ClN2O2/c1-3-4-9-20-12-7-5-11(6-8-12)15(19)14-13(16)10-17-18(14)2/h5-8,10H,3-4,9H2,1-2H3. The maximum absolute atomic E-state index is 12.3. The first-order valence-electron chi connectivity index (χ1n) is 6.58. The van der Waals surface area contributed by atoms with Crippen LogP contribution in [0.2, 0.25) is 5.02 Å². The van der Waals surface area contributed by atoms with Gasteiger partial charge in [0.2, 0.25) is 5.78 Å². The summed E-state index contributed by atoms with van der Waals surface area (Å²) in [5, 5.41) is 4.33. The van der Waals surface area contributed by atoms with E-state index in [2.05, 4.69) is 12.0 Å². The number of benzene rings is 1. The number of rotatable bonds is 6. The van der Waals surface area contributed by atoms with E-state index in [1.807, 2.05) is 0 Å². The average Bonchev–Trinajstić information content (AvgIpc) is 2.78. The molecule has 0 N–H and O–H groups in total. The highest BCUT2D eigenvalue weighted by atomic mass is 35.5. The zero-order valence-corrected chi connectivity index (χ0v) is 12.4.